The standard InChI is InChI=1S/C5H5ClF2N2/c1-3-2-4(10-9-3)5(6,7)8/h2H,1H3,(H,9,10). The van der Waals surface area contributed by atoms with Gasteiger partial charge >= 0.3 is 5.38 Å². The van der Waals surface area contributed by atoms with Gasteiger partial charge in [0.15, 0.2) is 0 Å². The van der Waals surface area contributed by atoms with Crippen LogP contribution >= 0.6 is 11.6 Å². The van der Waals surface area contributed by atoms with E-state index in [-0.39, 0.29) is 0 Å². The molecule has 1 aromatic heterocycles. The number of nitrogens with one attached hydrogen (secondary N) is 1. The first-order valence-corrected chi connectivity index (χ1v) is 2.97. The Hall–Kier alpha value is -0.640. The molecule has 56 valence electrons. The van der Waals surface area contributed by atoms with Crippen LogP contribution < -0.4 is 0 Å². The number of alkyl halides is 3. The summed E-state index contributed by atoms with van der Waals surface area (Å²) >= 11 is 4.66. The van der Waals surface area contributed by atoms with E-state index in [1.807, 2.05) is 0 Å². The zero-order valence-electron chi connectivity index (χ0n) is 5.16. The van der Waals surface area contributed by atoms with Gasteiger partial charge in [-0.1, -0.05) is 0 Å². The second-order valence-electron chi connectivity index (χ2n) is 1.93. The Labute approximate surface area is 61.2 Å². The third-order valence-electron chi connectivity index (χ3n) is 0.996. The lowest BCUT2D eigenvalue weighted by molar-refractivity contribution is 0.0899. The summed E-state index contributed by atoms with van der Waals surface area (Å²) in [5, 5.41) is 2.28. The average molecular weight is 167 g/mol. The van der Waals surface area contributed by atoms with Crippen LogP contribution in [0, 0.1) is 6.92 Å². The Bertz CT molecular complexity index is 228. The zero-order chi connectivity index (χ0) is 7.78. The van der Waals surface area contributed by atoms with Crippen molar-refractivity contribution >= 4 is 11.6 Å². The Morgan fingerprint density at radius 3 is 2.50 bits per heavy atom. The molecule has 1 heterocycles. The van der Waals surface area contributed by atoms with E-state index in [4.69, 9.17) is 0 Å². The first-order chi connectivity index (χ1) is 4.50. The highest BCUT2D eigenvalue weighted by molar-refractivity contribution is 6.21. The largest absolute Gasteiger partial charge is 0.366 e. The quantitative estimate of drug-likeness (QED) is 0.636. The van der Waals surface area contributed by atoms with Crippen molar-refractivity contribution in [3.05, 3.63) is 17.5 Å². The van der Waals surface area contributed by atoms with Crippen molar-refractivity contribution in [3.63, 3.8) is 0 Å². The molecule has 0 bridgehead atoms. The minimum Gasteiger partial charge on any atom is -0.282 e. The lowest BCUT2D eigenvalue weighted by Crippen LogP contribution is -2.03. The van der Waals surface area contributed by atoms with Crippen molar-refractivity contribution < 1.29 is 8.78 Å². The van der Waals surface area contributed by atoms with Crippen LogP contribution in [-0.4, -0.2) is 10.2 Å². The summed E-state index contributed by atoms with van der Waals surface area (Å²) in [7, 11) is 0. The second-order valence-corrected chi connectivity index (χ2v) is 2.41. The van der Waals surface area contributed by atoms with Crippen LogP contribution in [0.25, 0.3) is 0 Å². The highest BCUT2D eigenvalue weighted by Crippen LogP contribution is 2.30. The molecular formula is C5H5ClF2N2. The van der Waals surface area contributed by atoms with Gasteiger partial charge in [0.2, 0.25) is 0 Å². The highest BCUT2D eigenvalue weighted by atomic mass is 35.5. The van der Waals surface area contributed by atoms with Crippen LogP contribution in [0.1, 0.15) is 11.4 Å². The molecule has 0 amide bonds. The van der Waals surface area contributed by atoms with E-state index in [0.29, 0.717) is 5.69 Å². The fourth-order valence-corrected chi connectivity index (χ4v) is 0.660. The Morgan fingerprint density at radius 1 is 1.70 bits per heavy atom. The second kappa shape index (κ2) is 2.20. The number of rotatable bonds is 1. The molecule has 0 spiro atoms. The van der Waals surface area contributed by atoms with E-state index < -0.39 is 11.1 Å². The molecule has 0 saturated heterocycles. The number of aromatic nitrogens is 2. The predicted molar refractivity (Wildman–Crippen MR) is 33.1 cm³/mol. The minimum atomic E-state index is -3.36. The molecule has 5 heteroatoms. The molecular weight excluding hydrogens is 162 g/mol. The van der Waals surface area contributed by atoms with Crippen molar-refractivity contribution in [1.82, 2.24) is 10.2 Å². The van der Waals surface area contributed by atoms with Gasteiger partial charge in [-0.15, -0.1) is 0 Å². The van der Waals surface area contributed by atoms with Gasteiger partial charge < -0.3 is 0 Å². The number of hydrogen-bond donors (Lipinski definition) is 1. The van der Waals surface area contributed by atoms with E-state index in [1.165, 1.54) is 6.07 Å². The number of halogens is 3. The molecule has 10 heavy (non-hydrogen) atoms. The predicted octanol–water partition coefficient (Wildman–Crippen LogP) is 2.01. The van der Waals surface area contributed by atoms with Gasteiger partial charge in [0.25, 0.3) is 0 Å². The smallest absolute Gasteiger partial charge is 0.282 e. The monoisotopic (exact) mass is 166 g/mol. The van der Waals surface area contributed by atoms with Gasteiger partial charge in [-0.2, -0.15) is 13.9 Å². The Balaban J connectivity index is 2.96. The SMILES string of the molecule is Cc1cc(C(F)(F)Cl)n[nH]1. The minimum absolute atomic E-state index is 0.438. The molecule has 0 atom stereocenters. The van der Waals surface area contributed by atoms with Gasteiger partial charge in [-0.25, -0.2) is 0 Å². The van der Waals surface area contributed by atoms with Crippen molar-refractivity contribution in [1.29, 1.82) is 0 Å². The molecule has 0 unspecified atom stereocenters. The van der Waals surface area contributed by atoms with Crippen LogP contribution in [0.5, 0.6) is 0 Å². The van der Waals surface area contributed by atoms with Crippen LogP contribution in [0.15, 0.2) is 6.07 Å². The fourth-order valence-electron chi connectivity index (χ4n) is 0.563. The number of H-pyrrole nitrogens is 1. The van der Waals surface area contributed by atoms with E-state index in [2.05, 4.69) is 21.8 Å². The van der Waals surface area contributed by atoms with Gasteiger partial charge in [0, 0.05) is 5.69 Å². The maximum Gasteiger partial charge on any atom is 0.366 e. The third kappa shape index (κ3) is 1.44. The summed E-state index contributed by atoms with van der Waals surface area (Å²) < 4.78 is 24.3. The van der Waals surface area contributed by atoms with Crippen LogP contribution in [-0.2, 0) is 5.38 Å². The summed E-state index contributed by atoms with van der Waals surface area (Å²) in [6, 6.07) is 1.20. The maximum atomic E-state index is 12.2. The lowest BCUT2D eigenvalue weighted by Gasteiger charge is -2.00. The van der Waals surface area contributed by atoms with Gasteiger partial charge in [0.1, 0.15) is 5.69 Å². The van der Waals surface area contributed by atoms with Crippen LogP contribution in [0.2, 0.25) is 0 Å². The molecule has 0 radical (unpaired) electrons. The van der Waals surface area contributed by atoms with Crippen molar-refractivity contribution in [2.45, 2.75) is 12.3 Å². The zero-order valence-corrected chi connectivity index (χ0v) is 5.91. The summed E-state index contributed by atoms with van der Waals surface area (Å²) in [6.45, 7) is 1.62. The normalized spacial score (nSPS) is 12.0. The Kier molecular flexibility index (Phi) is 1.64. The van der Waals surface area contributed by atoms with Crippen molar-refractivity contribution in [2.24, 2.45) is 0 Å². The number of nitrogens with zero attached hydrogens (tertiary/aromatic N) is 1. The molecule has 2 nitrogen and oxygen atoms in total. The summed E-state index contributed by atoms with van der Waals surface area (Å²) in [5.74, 6) is 0. The van der Waals surface area contributed by atoms with Crippen molar-refractivity contribution in [2.75, 3.05) is 0 Å². The molecule has 0 aromatic carbocycles. The van der Waals surface area contributed by atoms with Gasteiger partial charge in [0.05, 0.1) is 0 Å². The van der Waals surface area contributed by atoms with E-state index in [9.17, 15) is 8.78 Å². The number of hydrogen-bond acceptors (Lipinski definition) is 1. The van der Waals surface area contributed by atoms with Gasteiger partial charge in [-0.05, 0) is 24.6 Å². The first-order valence-electron chi connectivity index (χ1n) is 2.59. The topological polar surface area (TPSA) is 28.7 Å². The molecule has 1 N–H and O–H groups in total. The first kappa shape index (κ1) is 7.47. The van der Waals surface area contributed by atoms with E-state index >= 15 is 0 Å². The maximum absolute atomic E-state index is 12.2. The fraction of sp³-hybridized carbons (Fsp3) is 0.400. The summed E-state index contributed by atoms with van der Waals surface area (Å²) in [6.07, 6.45) is 0. The van der Waals surface area contributed by atoms with Gasteiger partial charge in [-0.3, -0.25) is 5.10 Å². The Morgan fingerprint density at radius 2 is 2.30 bits per heavy atom. The lowest BCUT2D eigenvalue weighted by atomic mass is 10.4. The van der Waals surface area contributed by atoms with E-state index in [1.54, 1.807) is 6.92 Å². The summed E-state index contributed by atoms with van der Waals surface area (Å²) in [5.41, 5.74) is 0.127. The molecule has 0 aliphatic rings. The molecule has 1 aromatic rings. The van der Waals surface area contributed by atoms with Crippen molar-refractivity contribution in [3.8, 4) is 0 Å². The van der Waals surface area contributed by atoms with Crippen LogP contribution in [0.3, 0.4) is 0 Å². The highest BCUT2D eigenvalue weighted by Gasteiger charge is 2.30. The third-order valence-corrected chi connectivity index (χ3v) is 1.19. The molecule has 0 aliphatic heterocycles. The molecule has 0 aliphatic carbocycles. The van der Waals surface area contributed by atoms with E-state index in [0.717, 1.165) is 0 Å². The van der Waals surface area contributed by atoms with Crippen LogP contribution in [0.4, 0.5) is 8.78 Å². The molecule has 0 saturated carbocycles. The molecule has 0 fully saturated rings. The number of aryl methyl sites for hydroxylation is 1. The average Bonchev–Trinajstić information content (AvgIpc) is 2.11. The number of aromatic amines is 1. The molecule has 1 rings (SSSR count). The summed E-state index contributed by atoms with van der Waals surface area (Å²) in [4.78, 5) is 0.